The molecule has 0 spiro atoms. The third-order valence-corrected chi connectivity index (χ3v) is 2.84. The molecule has 1 amide bonds. The van der Waals surface area contributed by atoms with Gasteiger partial charge in [0.05, 0.1) is 5.60 Å². The maximum absolute atomic E-state index is 11.3. The van der Waals surface area contributed by atoms with Crippen molar-refractivity contribution in [1.82, 2.24) is 5.32 Å². The van der Waals surface area contributed by atoms with Crippen LogP contribution in [0.25, 0.3) is 0 Å². The largest absolute Gasteiger partial charge is 0.479 e. The molecular weight excluding hydrogens is 274 g/mol. The second-order valence-corrected chi connectivity index (χ2v) is 5.82. The smallest absolute Gasteiger partial charge is 0.338 e. The minimum absolute atomic E-state index is 0.317. The molecule has 0 saturated heterocycles. The minimum Gasteiger partial charge on any atom is -0.479 e. The lowest BCUT2D eigenvalue weighted by Gasteiger charge is -2.40. The van der Waals surface area contributed by atoms with E-state index in [-0.39, 0.29) is 0 Å². The summed E-state index contributed by atoms with van der Waals surface area (Å²) in [6.45, 7) is 6.99. The number of rotatable bonds is 6. The minimum atomic E-state index is -1.95. The standard InChI is InChI=1S/C15H21NO5/c1-10-5-7-11(8-6-10)15(16-9-17,12(18)13(19)20)21-14(2,3)4/h5-9,12,18H,1-4H3,(H,16,17)(H,19,20)/t12-,15-/m0/s1. The van der Waals surface area contributed by atoms with Gasteiger partial charge in [0.1, 0.15) is 0 Å². The Morgan fingerprint density at radius 2 is 1.81 bits per heavy atom. The van der Waals surface area contributed by atoms with Gasteiger partial charge in [0, 0.05) is 5.56 Å². The molecule has 6 heteroatoms. The maximum Gasteiger partial charge on any atom is 0.338 e. The van der Waals surface area contributed by atoms with Crippen LogP contribution in [0, 0.1) is 6.92 Å². The molecule has 1 aromatic carbocycles. The number of nitrogens with one attached hydrogen (secondary N) is 1. The zero-order chi connectivity index (χ0) is 16.3. The number of carboxylic acid groups (broad SMARTS) is 1. The van der Waals surface area contributed by atoms with Gasteiger partial charge in [-0.1, -0.05) is 29.8 Å². The summed E-state index contributed by atoms with van der Waals surface area (Å²) in [5.74, 6) is -1.49. The van der Waals surface area contributed by atoms with E-state index in [0.717, 1.165) is 5.56 Å². The molecule has 0 bridgehead atoms. The first-order valence-electron chi connectivity index (χ1n) is 6.52. The lowest BCUT2D eigenvalue weighted by atomic mass is 9.94. The molecule has 3 N–H and O–H groups in total. The van der Waals surface area contributed by atoms with Crippen molar-refractivity contribution in [2.45, 2.75) is 45.1 Å². The number of carbonyl (C=O) groups is 2. The Morgan fingerprint density at radius 1 is 1.29 bits per heavy atom. The van der Waals surface area contributed by atoms with E-state index < -0.39 is 23.4 Å². The van der Waals surface area contributed by atoms with Crippen LogP contribution in [-0.4, -0.2) is 34.3 Å². The molecule has 116 valence electrons. The molecule has 21 heavy (non-hydrogen) atoms. The fourth-order valence-corrected chi connectivity index (χ4v) is 2.01. The zero-order valence-corrected chi connectivity index (χ0v) is 12.6. The molecule has 0 aliphatic rings. The highest BCUT2D eigenvalue weighted by Crippen LogP contribution is 2.32. The van der Waals surface area contributed by atoms with Gasteiger partial charge in [0.2, 0.25) is 18.2 Å². The van der Waals surface area contributed by atoms with Crippen molar-refractivity contribution >= 4 is 12.4 Å². The number of hydrogen-bond donors (Lipinski definition) is 3. The molecule has 1 aromatic rings. The number of aliphatic carboxylic acids is 1. The molecule has 0 heterocycles. The first-order chi connectivity index (χ1) is 9.62. The van der Waals surface area contributed by atoms with E-state index in [1.165, 1.54) is 0 Å². The molecule has 0 radical (unpaired) electrons. The van der Waals surface area contributed by atoms with Gasteiger partial charge in [0.25, 0.3) is 0 Å². The Morgan fingerprint density at radius 3 is 2.19 bits per heavy atom. The fourth-order valence-electron chi connectivity index (χ4n) is 2.01. The van der Waals surface area contributed by atoms with Crippen LogP contribution < -0.4 is 5.32 Å². The van der Waals surface area contributed by atoms with E-state index in [2.05, 4.69) is 5.32 Å². The molecule has 0 aliphatic heterocycles. The number of aryl methyl sites for hydroxylation is 1. The van der Waals surface area contributed by atoms with Crippen molar-refractivity contribution < 1.29 is 24.5 Å². The van der Waals surface area contributed by atoms with Crippen LogP contribution in [-0.2, 0) is 20.1 Å². The third-order valence-electron chi connectivity index (χ3n) is 2.84. The quantitative estimate of drug-likeness (QED) is 0.540. The van der Waals surface area contributed by atoms with E-state index in [4.69, 9.17) is 4.74 Å². The molecule has 0 aromatic heterocycles. The van der Waals surface area contributed by atoms with Gasteiger partial charge in [-0.15, -0.1) is 0 Å². The maximum atomic E-state index is 11.3. The second kappa shape index (κ2) is 6.24. The van der Waals surface area contributed by atoms with Crippen LogP contribution in [0.15, 0.2) is 24.3 Å². The lowest BCUT2D eigenvalue weighted by Crippen LogP contribution is -2.59. The topological polar surface area (TPSA) is 95.9 Å². The van der Waals surface area contributed by atoms with Crippen molar-refractivity contribution in [2.24, 2.45) is 0 Å². The van der Waals surface area contributed by atoms with Gasteiger partial charge >= 0.3 is 5.97 Å². The molecule has 0 saturated carbocycles. The summed E-state index contributed by atoms with van der Waals surface area (Å²) in [6.07, 6.45) is -1.64. The summed E-state index contributed by atoms with van der Waals surface area (Å²) in [4.78, 5) is 22.2. The summed E-state index contributed by atoms with van der Waals surface area (Å²) < 4.78 is 5.74. The van der Waals surface area contributed by atoms with Crippen LogP contribution in [0.3, 0.4) is 0 Å². The Labute approximate surface area is 123 Å². The van der Waals surface area contributed by atoms with Crippen molar-refractivity contribution in [3.8, 4) is 0 Å². The summed E-state index contributed by atoms with van der Waals surface area (Å²) in [5, 5.41) is 21.6. The van der Waals surface area contributed by atoms with Crippen LogP contribution >= 0.6 is 0 Å². The Balaban J connectivity index is 3.45. The number of carboxylic acids is 1. The number of aliphatic hydroxyl groups excluding tert-OH is 1. The van der Waals surface area contributed by atoms with Crippen molar-refractivity contribution in [2.75, 3.05) is 0 Å². The second-order valence-electron chi connectivity index (χ2n) is 5.82. The Bertz CT molecular complexity index is 506. The molecular formula is C15H21NO5. The molecule has 2 atom stereocenters. The highest BCUT2D eigenvalue weighted by Gasteiger charge is 2.47. The normalized spacial score (nSPS) is 15.9. The molecule has 0 unspecified atom stereocenters. The molecule has 0 fully saturated rings. The lowest BCUT2D eigenvalue weighted by molar-refractivity contribution is -0.214. The predicted octanol–water partition coefficient (Wildman–Crippen LogP) is 1.15. The van der Waals surface area contributed by atoms with Crippen LogP contribution in [0.4, 0.5) is 0 Å². The summed E-state index contributed by atoms with van der Waals surface area (Å²) >= 11 is 0. The summed E-state index contributed by atoms with van der Waals surface area (Å²) in [6, 6.07) is 6.72. The number of amides is 1. The van der Waals surface area contributed by atoms with E-state index in [1.807, 2.05) is 6.92 Å². The fraction of sp³-hybridized carbons (Fsp3) is 0.467. The van der Waals surface area contributed by atoms with E-state index in [0.29, 0.717) is 12.0 Å². The summed E-state index contributed by atoms with van der Waals surface area (Å²) in [7, 11) is 0. The predicted molar refractivity (Wildman–Crippen MR) is 76.5 cm³/mol. The zero-order valence-electron chi connectivity index (χ0n) is 12.6. The highest BCUT2D eigenvalue weighted by atomic mass is 16.6. The van der Waals surface area contributed by atoms with E-state index >= 15 is 0 Å². The van der Waals surface area contributed by atoms with Gasteiger partial charge in [0.15, 0.2) is 0 Å². The van der Waals surface area contributed by atoms with E-state index in [9.17, 15) is 19.8 Å². The number of hydrogen-bond acceptors (Lipinski definition) is 4. The first kappa shape index (κ1) is 17.1. The van der Waals surface area contributed by atoms with Crippen molar-refractivity contribution in [3.63, 3.8) is 0 Å². The molecule has 6 nitrogen and oxygen atoms in total. The number of benzene rings is 1. The van der Waals surface area contributed by atoms with Gasteiger partial charge in [-0.3, -0.25) is 4.79 Å². The van der Waals surface area contributed by atoms with E-state index in [1.54, 1.807) is 45.0 Å². The number of ether oxygens (including phenoxy) is 1. The van der Waals surface area contributed by atoms with Crippen molar-refractivity contribution in [1.29, 1.82) is 0 Å². The molecule has 1 rings (SSSR count). The van der Waals surface area contributed by atoms with Crippen LogP contribution in [0.5, 0.6) is 0 Å². The van der Waals surface area contributed by atoms with Gasteiger partial charge in [-0.2, -0.15) is 0 Å². The van der Waals surface area contributed by atoms with Crippen LogP contribution in [0.1, 0.15) is 31.9 Å². The molecule has 0 aliphatic carbocycles. The Kier molecular flexibility index (Phi) is 5.09. The Hall–Kier alpha value is -1.92. The first-order valence-corrected chi connectivity index (χ1v) is 6.52. The average Bonchev–Trinajstić information content (AvgIpc) is 2.36. The van der Waals surface area contributed by atoms with Gasteiger partial charge in [-0.05, 0) is 27.7 Å². The SMILES string of the molecule is Cc1ccc([C@](NC=O)(OC(C)(C)C)[C@@H](O)C(=O)O)cc1. The van der Waals surface area contributed by atoms with Crippen LogP contribution in [0.2, 0.25) is 0 Å². The van der Waals surface area contributed by atoms with Crippen molar-refractivity contribution in [3.05, 3.63) is 35.4 Å². The summed E-state index contributed by atoms with van der Waals surface area (Å²) in [5.41, 5.74) is -1.35. The number of aliphatic hydroxyl groups is 1. The van der Waals surface area contributed by atoms with Gasteiger partial charge < -0.3 is 20.3 Å². The third kappa shape index (κ3) is 4.03. The monoisotopic (exact) mass is 295 g/mol. The highest BCUT2D eigenvalue weighted by molar-refractivity contribution is 5.75. The average molecular weight is 295 g/mol. The number of carbonyl (C=O) groups excluding carboxylic acids is 1. The van der Waals surface area contributed by atoms with Gasteiger partial charge in [-0.25, -0.2) is 4.79 Å².